The number of aromatic hydroxyl groups is 1. The Morgan fingerprint density at radius 3 is 2.46 bits per heavy atom. The first-order valence-electron chi connectivity index (χ1n) is 8.72. The largest absolute Gasteiger partial charge is 0.506 e. The van der Waals surface area contributed by atoms with Crippen LogP contribution in [-0.2, 0) is 27.7 Å². The van der Waals surface area contributed by atoms with Crippen LogP contribution in [0.4, 0.5) is 0 Å². The summed E-state index contributed by atoms with van der Waals surface area (Å²) in [6.45, 7) is 3.86. The molecule has 2 aromatic carbocycles. The van der Waals surface area contributed by atoms with E-state index >= 15 is 0 Å². The summed E-state index contributed by atoms with van der Waals surface area (Å²) >= 11 is 0. The first-order valence-corrected chi connectivity index (χ1v) is 10.3. The summed E-state index contributed by atoms with van der Waals surface area (Å²) in [5.41, 5.74) is 4.32. The molecular weight excluding hydrogens is 382 g/mol. The molecule has 0 unspecified atom stereocenters. The third kappa shape index (κ3) is 5.44. The summed E-state index contributed by atoms with van der Waals surface area (Å²) in [5.74, 6) is 5.09. The van der Waals surface area contributed by atoms with Crippen LogP contribution < -0.4 is 21.1 Å². The molecular formula is C19H25N3O5S. The number of phenols is 1. The Morgan fingerprint density at radius 2 is 1.86 bits per heavy atom. The number of hydrogen-bond acceptors (Lipinski definition) is 6. The molecule has 0 aliphatic rings. The summed E-state index contributed by atoms with van der Waals surface area (Å²) in [4.78, 5) is 11.1. The fourth-order valence-corrected chi connectivity index (χ4v) is 3.39. The lowest BCUT2D eigenvalue weighted by molar-refractivity contribution is -0.123. The Balaban J connectivity index is 2.27. The normalized spacial score (nSPS) is 11.5. The highest BCUT2D eigenvalue weighted by atomic mass is 32.2. The van der Waals surface area contributed by atoms with E-state index in [0.29, 0.717) is 24.2 Å². The van der Waals surface area contributed by atoms with Crippen LogP contribution in [-0.4, -0.2) is 26.0 Å². The van der Waals surface area contributed by atoms with Crippen molar-refractivity contribution in [2.75, 3.05) is 6.61 Å². The van der Waals surface area contributed by atoms with Gasteiger partial charge in [0.25, 0.3) is 5.91 Å². The second kappa shape index (κ2) is 9.05. The van der Waals surface area contributed by atoms with Gasteiger partial charge in [-0.25, -0.2) is 19.4 Å². The Labute approximate surface area is 164 Å². The van der Waals surface area contributed by atoms with Crippen molar-refractivity contribution in [1.29, 1.82) is 0 Å². The van der Waals surface area contributed by atoms with Crippen LogP contribution in [0.2, 0.25) is 0 Å². The molecule has 2 aromatic rings. The summed E-state index contributed by atoms with van der Waals surface area (Å²) < 4.78 is 28.7. The zero-order valence-corrected chi connectivity index (χ0v) is 16.6. The lowest BCUT2D eigenvalue weighted by Gasteiger charge is -2.15. The minimum absolute atomic E-state index is 0.225. The maximum atomic E-state index is 11.6. The third-order valence-corrected chi connectivity index (χ3v) is 5.27. The molecule has 0 atom stereocenters. The predicted molar refractivity (Wildman–Crippen MR) is 105 cm³/mol. The molecule has 0 radical (unpaired) electrons. The minimum atomic E-state index is -4.01. The van der Waals surface area contributed by atoms with Gasteiger partial charge in [0, 0.05) is 0 Å². The van der Waals surface area contributed by atoms with Gasteiger partial charge in [-0.15, -0.1) is 0 Å². The highest BCUT2D eigenvalue weighted by molar-refractivity contribution is 7.89. The van der Waals surface area contributed by atoms with E-state index in [0.717, 1.165) is 11.1 Å². The number of nitrogens with one attached hydrogen (secondary N) is 1. The molecule has 2 rings (SSSR count). The quantitative estimate of drug-likeness (QED) is 0.295. The molecule has 8 nitrogen and oxygen atoms in total. The van der Waals surface area contributed by atoms with Crippen molar-refractivity contribution in [1.82, 2.24) is 5.43 Å². The van der Waals surface area contributed by atoms with Gasteiger partial charge in [-0.3, -0.25) is 10.2 Å². The van der Waals surface area contributed by atoms with Gasteiger partial charge < -0.3 is 9.84 Å². The van der Waals surface area contributed by atoms with E-state index in [1.54, 1.807) is 6.07 Å². The van der Waals surface area contributed by atoms with Crippen LogP contribution in [0.3, 0.4) is 0 Å². The lowest BCUT2D eigenvalue weighted by atomic mass is 9.97. The smallest absolute Gasteiger partial charge is 0.271 e. The SMILES string of the molecule is CC(C)c1ccc(CCc2cccc(S(N)(=O)=O)c2O)c(OCC(=O)NN)c1. The van der Waals surface area contributed by atoms with Crippen molar-refractivity contribution in [3.63, 3.8) is 0 Å². The average Bonchev–Trinajstić information content (AvgIpc) is 2.64. The zero-order chi connectivity index (χ0) is 20.9. The fourth-order valence-electron chi connectivity index (χ4n) is 2.72. The summed E-state index contributed by atoms with van der Waals surface area (Å²) in [7, 11) is -4.01. The number of hydrogen-bond donors (Lipinski definition) is 4. The monoisotopic (exact) mass is 407 g/mol. The molecule has 28 heavy (non-hydrogen) atoms. The van der Waals surface area contributed by atoms with Crippen LogP contribution in [0, 0.1) is 0 Å². The van der Waals surface area contributed by atoms with E-state index in [9.17, 15) is 18.3 Å². The first kappa shape index (κ1) is 21.7. The number of carbonyl (C=O) groups excluding carboxylic acids is 1. The molecule has 0 fully saturated rings. The second-order valence-corrected chi connectivity index (χ2v) is 8.22. The molecule has 152 valence electrons. The van der Waals surface area contributed by atoms with Crippen molar-refractivity contribution in [2.24, 2.45) is 11.0 Å². The number of primary sulfonamides is 1. The lowest BCUT2D eigenvalue weighted by Crippen LogP contribution is -2.34. The molecule has 0 spiro atoms. The molecule has 0 saturated heterocycles. The Hall–Kier alpha value is -2.62. The number of nitrogens with two attached hydrogens (primary N) is 2. The topological polar surface area (TPSA) is 145 Å². The number of hydrazine groups is 1. The van der Waals surface area contributed by atoms with Crippen molar-refractivity contribution in [3.05, 3.63) is 53.1 Å². The van der Waals surface area contributed by atoms with E-state index in [1.165, 1.54) is 12.1 Å². The van der Waals surface area contributed by atoms with Crippen LogP contribution in [0.1, 0.15) is 36.5 Å². The predicted octanol–water partition coefficient (Wildman–Crippen LogP) is 1.32. The number of sulfonamides is 1. The van der Waals surface area contributed by atoms with E-state index in [-0.39, 0.29) is 23.2 Å². The average molecular weight is 407 g/mol. The Kier molecular flexibility index (Phi) is 7.00. The highest BCUT2D eigenvalue weighted by Gasteiger charge is 2.17. The molecule has 1 amide bonds. The van der Waals surface area contributed by atoms with Crippen molar-refractivity contribution >= 4 is 15.9 Å². The standard InChI is InChI=1S/C19H25N3O5S/c1-12(2)15-9-7-13(16(10-15)27-11-18(23)22-20)6-8-14-4-3-5-17(19(14)24)28(21,25)26/h3-5,7,9-10,12,24H,6,8,11,20H2,1-2H3,(H,22,23)(H2,21,25,26). The minimum Gasteiger partial charge on any atom is -0.506 e. The molecule has 0 aliphatic heterocycles. The molecule has 0 aromatic heterocycles. The first-order chi connectivity index (χ1) is 13.1. The van der Waals surface area contributed by atoms with E-state index < -0.39 is 15.9 Å². The Bertz CT molecular complexity index is 958. The van der Waals surface area contributed by atoms with Gasteiger partial charge in [0.15, 0.2) is 6.61 Å². The van der Waals surface area contributed by atoms with Crippen LogP contribution in [0.5, 0.6) is 11.5 Å². The Morgan fingerprint density at radius 1 is 1.18 bits per heavy atom. The third-order valence-electron chi connectivity index (χ3n) is 4.33. The van der Waals surface area contributed by atoms with Gasteiger partial charge in [-0.2, -0.15) is 0 Å². The van der Waals surface area contributed by atoms with Crippen LogP contribution in [0.25, 0.3) is 0 Å². The second-order valence-electron chi connectivity index (χ2n) is 6.69. The van der Waals surface area contributed by atoms with Crippen molar-refractivity contribution in [3.8, 4) is 11.5 Å². The van der Waals surface area contributed by atoms with E-state index in [1.807, 2.05) is 37.5 Å². The summed E-state index contributed by atoms with van der Waals surface area (Å²) in [5, 5.41) is 15.4. The van der Waals surface area contributed by atoms with Crippen molar-refractivity contribution < 1.29 is 23.1 Å². The molecule has 0 saturated carbocycles. The van der Waals surface area contributed by atoms with E-state index in [4.69, 9.17) is 15.7 Å². The molecule has 9 heteroatoms. The zero-order valence-electron chi connectivity index (χ0n) is 15.8. The van der Waals surface area contributed by atoms with Gasteiger partial charge in [0.2, 0.25) is 10.0 Å². The van der Waals surface area contributed by atoms with Gasteiger partial charge in [0.05, 0.1) is 0 Å². The van der Waals surface area contributed by atoms with Crippen LogP contribution in [0.15, 0.2) is 41.3 Å². The van der Waals surface area contributed by atoms with Gasteiger partial charge in [-0.05, 0) is 47.6 Å². The number of phenolic OH excluding ortho intramolecular Hbond substituents is 1. The number of amides is 1. The highest BCUT2D eigenvalue weighted by Crippen LogP contribution is 2.30. The van der Waals surface area contributed by atoms with Crippen LogP contribution >= 0.6 is 0 Å². The fraction of sp³-hybridized carbons (Fsp3) is 0.316. The van der Waals surface area contributed by atoms with Gasteiger partial charge >= 0.3 is 0 Å². The number of benzene rings is 2. The van der Waals surface area contributed by atoms with Gasteiger partial charge in [0.1, 0.15) is 16.4 Å². The molecule has 0 aliphatic carbocycles. The molecule has 6 N–H and O–H groups in total. The molecule has 0 bridgehead atoms. The summed E-state index contributed by atoms with van der Waals surface area (Å²) in [6, 6.07) is 10.1. The number of rotatable bonds is 8. The maximum absolute atomic E-state index is 11.6. The summed E-state index contributed by atoms with van der Waals surface area (Å²) in [6.07, 6.45) is 0.815. The maximum Gasteiger partial charge on any atom is 0.271 e. The number of aryl methyl sites for hydroxylation is 2. The van der Waals surface area contributed by atoms with Crippen molar-refractivity contribution in [2.45, 2.75) is 37.5 Å². The number of carbonyl (C=O) groups is 1. The number of para-hydroxylation sites is 1. The van der Waals surface area contributed by atoms with Gasteiger partial charge in [-0.1, -0.05) is 38.1 Å². The number of ether oxygens (including phenoxy) is 1. The van der Waals surface area contributed by atoms with E-state index in [2.05, 4.69) is 0 Å². The molecule has 0 heterocycles.